The minimum Gasteiger partial charge on any atom is -0.493 e. The fourth-order valence-electron chi connectivity index (χ4n) is 3.90. The van der Waals surface area contributed by atoms with Crippen LogP contribution in [-0.2, 0) is 11.0 Å². The van der Waals surface area contributed by atoms with Gasteiger partial charge in [-0.3, -0.25) is 4.79 Å². The third kappa shape index (κ3) is 5.86. The van der Waals surface area contributed by atoms with Crippen molar-refractivity contribution in [2.24, 2.45) is 11.8 Å². The quantitative estimate of drug-likeness (QED) is 0.813. The number of amides is 1. The van der Waals surface area contributed by atoms with Crippen LogP contribution in [0.1, 0.15) is 44.1 Å². The maximum Gasteiger partial charge on any atom is 0.416 e. The number of rotatable bonds is 5. The molecule has 2 N–H and O–H groups in total. The Morgan fingerprint density at radius 1 is 1.19 bits per heavy atom. The summed E-state index contributed by atoms with van der Waals surface area (Å²) in [4.78, 5) is 12.5. The fraction of sp³-hybridized carbons (Fsp3) is 0.650. The highest BCUT2D eigenvalue weighted by atomic mass is 19.4. The fourth-order valence-corrected chi connectivity index (χ4v) is 3.90. The number of nitrogens with one attached hydrogen (secondary N) is 2. The van der Waals surface area contributed by atoms with E-state index in [9.17, 15) is 18.0 Å². The molecule has 0 radical (unpaired) electrons. The molecule has 3 rings (SSSR count). The van der Waals surface area contributed by atoms with Gasteiger partial charge in [-0.2, -0.15) is 13.2 Å². The number of piperidine rings is 1. The van der Waals surface area contributed by atoms with Gasteiger partial charge in [0.1, 0.15) is 5.75 Å². The Morgan fingerprint density at radius 2 is 1.96 bits per heavy atom. The normalized spacial score (nSPS) is 24.4. The van der Waals surface area contributed by atoms with E-state index < -0.39 is 11.7 Å². The first-order valence-electron chi connectivity index (χ1n) is 9.73. The summed E-state index contributed by atoms with van der Waals surface area (Å²) in [5, 5.41) is 6.42. The van der Waals surface area contributed by atoms with Crippen LogP contribution in [0, 0.1) is 11.8 Å². The van der Waals surface area contributed by atoms with Crippen LogP contribution in [0.3, 0.4) is 0 Å². The van der Waals surface area contributed by atoms with E-state index in [-0.39, 0.29) is 29.5 Å². The van der Waals surface area contributed by atoms with Gasteiger partial charge >= 0.3 is 6.18 Å². The molecule has 150 valence electrons. The van der Waals surface area contributed by atoms with Gasteiger partial charge in [-0.1, -0.05) is 25.3 Å². The number of halogens is 3. The van der Waals surface area contributed by atoms with Crippen molar-refractivity contribution in [3.63, 3.8) is 0 Å². The number of ether oxygens (including phenoxy) is 1. The Labute approximate surface area is 157 Å². The van der Waals surface area contributed by atoms with Crippen LogP contribution in [0.15, 0.2) is 24.3 Å². The number of carbonyl (C=O) groups excluding carboxylic acids is 1. The summed E-state index contributed by atoms with van der Waals surface area (Å²) in [7, 11) is 0. The average molecular weight is 384 g/mol. The molecular weight excluding hydrogens is 357 g/mol. The van der Waals surface area contributed by atoms with E-state index in [1.165, 1.54) is 31.4 Å². The van der Waals surface area contributed by atoms with Crippen molar-refractivity contribution in [1.82, 2.24) is 10.6 Å². The first kappa shape index (κ1) is 20.0. The first-order valence-corrected chi connectivity index (χ1v) is 9.73. The van der Waals surface area contributed by atoms with Gasteiger partial charge < -0.3 is 15.4 Å². The van der Waals surface area contributed by atoms with Gasteiger partial charge in [0.2, 0.25) is 5.91 Å². The van der Waals surface area contributed by atoms with E-state index in [2.05, 4.69) is 10.6 Å². The molecule has 0 spiro atoms. The summed E-state index contributed by atoms with van der Waals surface area (Å²) in [6.45, 7) is 1.63. The Balaban J connectivity index is 1.49. The molecule has 0 bridgehead atoms. The van der Waals surface area contributed by atoms with E-state index in [4.69, 9.17) is 4.74 Å². The topological polar surface area (TPSA) is 50.4 Å². The zero-order chi connectivity index (χ0) is 19.3. The highest BCUT2D eigenvalue weighted by Crippen LogP contribution is 2.31. The van der Waals surface area contributed by atoms with E-state index in [1.807, 2.05) is 0 Å². The van der Waals surface area contributed by atoms with E-state index in [1.54, 1.807) is 0 Å². The van der Waals surface area contributed by atoms with Gasteiger partial charge in [0, 0.05) is 25.0 Å². The molecule has 1 heterocycles. The number of benzene rings is 1. The van der Waals surface area contributed by atoms with Crippen LogP contribution in [0.5, 0.6) is 5.75 Å². The molecule has 1 aliphatic heterocycles. The summed E-state index contributed by atoms with van der Waals surface area (Å²) in [6, 6.07) is 5.20. The van der Waals surface area contributed by atoms with Gasteiger partial charge in [-0.15, -0.1) is 0 Å². The molecule has 1 aromatic rings. The summed E-state index contributed by atoms with van der Waals surface area (Å²) in [5.74, 6) is 0.267. The molecule has 2 atom stereocenters. The highest BCUT2D eigenvalue weighted by Gasteiger charge is 2.31. The SMILES string of the molecule is O=C(NC1CCCCC1)[C@H]1CNC[C@@H](COc2cccc(C(F)(F)F)c2)C1. The Morgan fingerprint density at radius 3 is 2.70 bits per heavy atom. The third-order valence-corrected chi connectivity index (χ3v) is 5.41. The van der Waals surface area contributed by atoms with Crippen LogP contribution < -0.4 is 15.4 Å². The lowest BCUT2D eigenvalue weighted by Gasteiger charge is -2.31. The molecule has 1 aromatic carbocycles. The van der Waals surface area contributed by atoms with Crippen molar-refractivity contribution in [2.45, 2.75) is 50.7 Å². The Kier molecular flexibility index (Phi) is 6.63. The van der Waals surface area contributed by atoms with E-state index in [0.29, 0.717) is 26.1 Å². The summed E-state index contributed by atoms with van der Waals surface area (Å²) >= 11 is 0. The number of alkyl halides is 3. The Bertz CT molecular complexity index is 630. The molecule has 4 nitrogen and oxygen atoms in total. The van der Waals surface area contributed by atoms with Gasteiger partial charge in [0.25, 0.3) is 0 Å². The van der Waals surface area contributed by atoms with Gasteiger partial charge in [-0.25, -0.2) is 0 Å². The zero-order valence-electron chi connectivity index (χ0n) is 15.4. The molecule has 1 saturated carbocycles. The van der Waals surface area contributed by atoms with Crippen LogP contribution in [-0.4, -0.2) is 31.6 Å². The first-order chi connectivity index (χ1) is 12.9. The van der Waals surface area contributed by atoms with Crippen molar-refractivity contribution in [1.29, 1.82) is 0 Å². The molecule has 27 heavy (non-hydrogen) atoms. The van der Waals surface area contributed by atoms with Crippen LogP contribution in [0.2, 0.25) is 0 Å². The largest absolute Gasteiger partial charge is 0.493 e. The molecule has 1 aliphatic carbocycles. The second-order valence-electron chi connectivity index (χ2n) is 7.64. The van der Waals surface area contributed by atoms with Crippen LogP contribution >= 0.6 is 0 Å². The number of hydrogen-bond acceptors (Lipinski definition) is 3. The standard InChI is InChI=1S/C20H27F3N2O2/c21-20(22,23)16-5-4-8-18(10-16)27-13-14-9-15(12-24-11-14)19(26)25-17-6-2-1-3-7-17/h4-5,8,10,14-15,17,24H,1-3,6-7,9,11-13H2,(H,25,26)/t14-,15+/m0/s1. The molecule has 0 unspecified atom stereocenters. The lowest BCUT2D eigenvalue weighted by Crippen LogP contribution is -2.48. The second kappa shape index (κ2) is 8.95. The maximum atomic E-state index is 12.8. The summed E-state index contributed by atoms with van der Waals surface area (Å²) in [6.07, 6.45) is 1.98. The molecule has 0 aromatic heterocycles. The van der Waals surface area contributed by atoms with Gasteiger partial charge in [0.15, 0.2) is 0 Å². The smallest absolute Gasteiger partial charge is 0.416 e. The van der Waals surface area contributed by atoms with Crippen molar-refractivity contribution >= 4 is 5.91 Å². The minimum atomic E-state index is -4.38. The van der Waals surface area contributed by atoms with Gasteiger partial charge in [-0.05, 0) is 37.5 Å². The minimum absolute atomic E-state index is 0.0816. The van der Waals surface area contributed by atoms with E-state index >= 15 is 0 Å². The van der Waals surface area contributed by atoms with E-state index in [0.717, 1.165) is 25.0 Å². The predicted octanol–water partition coefficient (Wildman–Crippen LogP) is 3.76. The van der Waals surface area contributed by atoms with Crippen molar-refractivity contribution in [2.75, 3.05) is 19.7 Å². The summed E-state index contributed by atoms with van der Waals surface area (Å²) in [5.41, 5.74) is -0.716. The lowest BCUT2D eigenvalue weighted by atomic mass is 9.89. The number of hydrogen-bond donors (Lipinski definition) is 2. The summed E-state index contributed by atoms with van der Waals surface area (Å²) < 4.78 is 43.9. The predicted molar refractivity (Wildman–Crippen MR) is 96.4 cm³/mol. The van der Waals surface area contributed by atoms with Crippen molar-refractivity contribution < 1.29 is 22.7 Å². The molecule has 1 amide bonds. The second-order valence-corrected chi connectivity index (χ2v) is 7.64. The van der Waals surface area contributed by atoms with Crippen molar-refractivity contribution in [3.05, 3.63) is 29.8 Å². The monoisotopic (exact) mass is 384 g/mol. The highest BCUT2D eigenvalue weighted by molar-refractivity contribution is 5.79. The molecule has 1 saturated heterocycles. The number of carbonyl (C=O) groups is 1. The molecule has 2 aliphatic rings. The maximum absolute atomic E-state index is 12.8. The average Bonchev–Trinajstić information content (AvgIpc) is 2.67. The van der Waals surface area contributed by atoms with Crippen LogP contribution in [0.25, 0.3) is 0 Å². The van der Waals surface area contributed by atoms with Crippen LogP contribution in [0.4, 0.5) is 13.2 Å². The van der Waals surface area contributed by atoms with Gasteiger partial charge in [0.05, 0.1) is 18.1 Å². The molecule has 2 fully saturated rings. The zero-order valence-corrected chi connectivity index (χ0v) is 15.4. The lowest BCUT2D eigenvalue weighted by molar-refractivity contribution is -0.137. The molecular formula is C20H27F3N2O2. The van der Waals surface area contributed by atoms with Crippen molar-refractivity contribution in [3.8, 4) is 5.75 Å². The third-order valence-electron chi connectivity index (χ3n) is 5.41. The Hall–Kier alpha value is -1.76. The molecule has 7 heteroatoms.